The number of carboxylic acids is 1. The molecular weight excluding hydrogens is 270 g/mol. The van der Waals surface area contributed by atoms with Crippen molar-refractivity contribution in [3.05, 3.63) is 29.3 Å². The zero-order chi connectivity index (χ0) is 15.4. The van der Waals surface area contributed by atoms with Gasteiger partial charge in [0.2, 0.25) is 5.91 Å². The first-order chi connectivity index (χ1) is 10.0. The number of likely N-dealkylation sites (tertiary alicyclic amines) is 1. The SMILES string of the molecule is COc1ccc(C)cc1CC(=O)N1CCCC1CC(=O)O. The Morgan fingerprint density at radius 3 is 2.86 bits per heavy atom. The highest BCUT2D eigenvalue weighted by molar-refractivity contribution is 5.81. The molecule has 1 aliphatic heterocycles. The number of ether oxygens (including phenoxy) is 1. The van der Waals surface area contributed by atoms with Gasteiger partial charge in [0.15, 0.2) is 0 Å². The number of methoxy groups -OCH3 is 1. The molecule has 0 bridgehead atoms. The van der Waals surface area contributed by atoms with Crippen molar-refractivity contribution in [2.75, 3.05) is 13.7 Å². The molecule has 5 heteroatoms. The van der Waals surface area contributed by atoms with Crippen molar-refractivity contribution in [1.82, 2.24) is 4.90 Å². The maximum Gasteiger partial charge on any atom is 0.305 e. The van der Waals surface area contributed by atoms with Crippen LogP contribution in [0.15, 0.2) is 18.2 Å². The molecule has 114 valence electrons. The minimum Gasteiger partial charge on any atom is -0.496 e. The average molecular weight is 291 g/mol. The average Bonchev–Trinajstić information content (AvgIpc) is 2.86. The van der Waals surface area contributed by atoms with Crippen LogP contribution in [0.25, 0.3) is 0 Å². The first-order valence-corrected chi connectivity index (χ1v) is 7.16. The Kier molecular flexibility index (Phi) is 4.83. The van der Waals surface area contributed by atoms with Crippen LogP contribution in [-0.2, 0) is 16.0 Å². The van der Waals surface area contributed by atoms with E-state index in [-0.39, 0.29) is 24.8 Å². The number of carboxylic acid groups (broad SMARTS) is 1. The predicted molar refractivity (Wildman–Crippen MR) is 78.4 cm³/mol. The Bertz CT molecular complexity index is 541. The van der Waals surface area contributed by atoms with Crippen molar-refractivity contribution in [1.29, 1.82) is 0 Å². The third-order valence-corrected chi connectivity index (χ3v) is 3.89. The molecule has 1 heterocycles. The van der Waals surface area contributed by atoms with E-state index in [1.165, 1.54) is 0 Å². The van der Waals surface area contributed by atoms with Gasteiger partial charge in [0, 0.05) is 18.2 Å². The Labute approximate surface area is 124 Å². The fourth-order valence-corrected chi connectivity index (χ4v) is 2.89. The van der Waals surface area contributed by atoms with Gasteiger partial charge in [0.1, 0.15) is 5.75 Å². The van der Waals surface area contributed by atoms with Gasteiger partial charge in [-0.2, -0.15) is 0 Å². The van der Waals surface area contributed by atoms with Gasteiger partial charge in [-0.25, -0.2) is 0 Å². The highest BCUT2D eigenvalue weighted by atomic mass is 16.5. The summed E-state index contributed by atoms with van der Waals surface area (Å²) in [6, 6.07) is 5.57. The number of nitrogens with zero attached hydrogens (tertiary/aromatic N) is 1. The van der Waals surface area contributed by atoms with E-state index in [1.54, 1.807) is 12.0 Å². The van der Waals surface area contributed by atoms with E-state index in [4.69, 9.17) is 9.84 Å². The van der Waals surface area contributed by atoms with Gasteiger partial charge in [0.05, 0.1) is 20.0 Å². The molecule has 1 N–H and O–H groups in total. The maximum atomic E-state index is 12.5. The first-order valence-electron chi connectivity index (χ1n) is 7.16. The molecule has 1 unspecified atom stereocenters. The minimum atomic E-state index is -0.854. The molecule has 1 amide bonds. The van der Waals surface area contributed by atoms with Gasteiger partial charge in [-0.15, -0.1) is 0 Å². The molecule has 1 aromatic rings. The lowest BCUT2D eigenvalue weighted by Crippen LogP contribution is -2.37. The number of carbonyl (C=O) groups excluding carboxylic acids is 1. The van der Waals surface area contributed by atoms with Gasteiger partial charge in [-0.05, 0) is 25.8 Å². The second kappa shape index (κ2) is 6.61. The second-order valence-corrected chi connectivity index (χ2v) is 5.47. The molecular formula is C16H21NO4. The van der Waals surface area contributed by atoms with E-state index in [2.05, 4.69) is 0 Å². The summed E-state index contributed by atoms with van der Waals surface area (Å²) in [5.41, 5.74) is 1.92. The van der Waals surface area contributed by atoms with Crippen LogP contribution >= 0.6 is 0 Å². The lowest BCUT2D eigenvalue weighted by atomic mass is 10.1. The van der Waals surface area contributed by atoms with Crippen molar-refractivity contribution in [3.8, 4) is 5.75 Å². The minimum absolute atomic E-state index is 0.0245. The number of carbonyl (C=O) groups is 2. The van der Waals surface area contributed by atoms with Gasteiger partial charge in [0.25, 0.3) is 0 Å². The summed E-state index contributed by atoms with van der Waals surface area (Å²) in [6.45, 7) is 2.61. The summed E-state index contributed by atoms with van der Waals surface area (Å²) >= 11 is 0. The van der Waals surface area contributed by atoms with Gasteiger partial charge in [-0.1, -0.05) is 17.7 Å². The van der Waals surface area contributed by atoms with Gasteiger partial charge < -0.3 is 14.7 Å². The number of aliphatic carboxylic acids is 1. The van der Waals surface area contributed by atoms with Gasteiger partial charge >= 0.3 is 5.97 Å². The number of benzene rings is 1. The fraction of sp³-hybridized carbons (Fsp3) is 0.500. The van der Waals surface area contributed by atoms with Crippen molar-refractivity contribution < 1.29 is 19.4 Å². The van der Waals surface area contributed by atoms with Crippen LogP contribution in [0.3, 0.4) is 0 Å². The third kappa shape index (κ3) is 3.74. The van der Waals surface area contributed by atoms with Crippen molar-refractivity contribution >= 4 is 11.9 Å². The van der Waals surface area contributed by atoms with E-state index in [0.717, 1.165) is 24.0 Å². The summed E-state index contributed by atoms with van der Waals surface area (Å²) in [4.78, 5) is 25.0. The van der Waals surface area contributed by atoms with Crippen LogP contribution in [-0.4, -0.2) is 41.6 Å². The zero-order valence-electron chi connectivity index (χ0n) is 12.5. The molecule has 21 heavy (non-hydrogen) atoms. The van der Waals surface area contributed by atoms with Crippen LogP contribution in [0, 0.1) is 6.92 Å². The quantitative estimate of drug-likeness (QED) is 0.901. The smallest absolute Gasteiger partial charge is 0.305 e. The lowest BCUT2D eigenvalue weighted by Gasteiger charge is -2.24. The maximum absolute atomic E-state index is 12.5. The van der Waals surface area contributed by atoms with E-state index >= 15 is 0 Å². The number of hydrogen-bond acceptors (Lipinski definition) is 3. The lowest BCUT2D eigenvalue weighted by molar-refractivity contribution is -0.139. The molecule has 1 aromatic carbocycles. The summed E-state index contributed by atoms with van der Waals surface area (Å²) in [6.07, 6.45) is 1.91. The highest BCUT2D eigenvalue weighted by Gasteiger charge is 2.30. The van der Waals surface area contributed by atoms with E-state index < -0.39 is 5.97 Å². The molecule has 5 nitrogen and oxygen atoms in total. The fourth-order valence-electron chi connectivity index (χ4n) is 2.89. The van der Waals surface area contributed by atoms with E-state index in [0.29, 0.717) is 12.3 Å². The largest absolute Gasteiger partial charge is 0.496 e. The van der Waals surface area contributed by atoms with E-state index in [1.807, 2.05) is 25.1 Å². The number of rotatable bonds is 5. The summed E-state index contributed by atoms with van der Waals surface area (Å²) in [5.74, 6) is -0.182. The predicted octanol–water partition coefficient (Wildman–Crippen LogP) is 2.01. The Hall–Kier alpha value is -2.04. The summed E-state index contributed by atoms with van der Waals surface area (Å²) in [7, 11) is 1.59. The summed E-state index contributed by atoms with van der Waals surface area (Å²) in [5, 5.41) is 8.92. The second-order valence-electron chi connectivity index (χ2n) is 5.47. The molecule has 1 fully saturated rings. The first kappa shape index (κ1) is 15.4. The molecule has 0 aliphatic carbocycles. The number of hydrogen-bond donors (Lipinski definition) is 1. The van der Waals surface area contributed by atoms with Crippen LogP contribution < -0.4 is 4.74 Å². The molecule has 2 rings (SSSR count). The Morgan fingerprint density at radius 1 is 1.43 bits per heavy atom. The molecule has 1 atom stereocenters. The van der Waals surface area contributed by atoms with Gasteiger partial charge in [-0.3, -0.25) is 9.59 Å². The third-order valence-electron chi connectivity index (χ3n) is 3.89. The molecule has 0 aromatic heterocycles. The molecule has 0 spiro atoms. The standard InChI is InChI=1S/C16H21NO4/c1-11-5-6-14(21-2)12(8-11)9-15(18)17-7-3-4-13(17)10-16(19)20/h5-6,8,13H,3-4,7,9-10H2,1-2H3,(H,19,20). The van der Waals surface area contributed by atoms with Crippen molar-refractivity contribution in [3.63, 3.8) is 0 Å². The van der Waals surface area contributed by atoms with Crippen LogP contribution in [0.2, 0.25) is 0 Å². The van der Waals surface area contributed by atoms with Crippen molar-refractivity contribution in [2.24, 2.45) is 0 Å². The van der Waals surface area contributed by atoms with Crippen LogP contribution in [0.5, 0.6) is 5.75 Å². The summed E-state index contributed by atoms with van der Waals surface area (Å²) < 4.78 is 5.29. The molecule has 0 radical (unpaired) electrons. The van der Waals surface area contributed by atoms with E-state index in [9.17, 15) is 9.59 Å². The van der Waals surface area contributed by atoms with Crippen LogP contribution in [0.4, 0.5) is 0 Å². The van der Waals surface area contributed by atoms with Crippen molar-refractivity contribution in [2.45, 2.75) is 38.6 Å². The van der Waals surface area contributed by atoms with Crippen LogP contribution in [0.1, 0.15) is 30.4 Å². The highest BCUT2D eigenvalue weighted by Crippen LogP contribution is 2.24. The monoisotopic (exact) mass is 291 g/mol. The molecule has 0 saturated carbocycles. The number of amides is 1. The molecule has 1 saturated heterocycles. The normalized spacial score (nSPS) is 17.8. The Balaban J connectivity index is 2.10. The Morgan fingerprint density at radius 2 is 2.19 bits per heavy atom. The topological polar surface area (TPSA) is 66.8 Å². The number of aryl methyl sites for hydroxylation is 1. The zero-order valence-corrected chi connectivity index (χ0v) is 12.5. The molecule has 1 aliphatic rings.